The molecular formula is C90H172Br2N2O15P6S6. The number of aryl methyl sites for hydroxylation is 3. The second kappa shape index (κ2) is 87.9. The van der Waals surface area contributed by atoms with E-state index < -0.39 is 44.4 Å². The normalized spacial score (nSPS) is 10.8. The fourth-order valence-electron chi connectivity index (χ4n) is 9.11. The quantitative estimate of drug-likeness (QED) is 0.00395. The molecule has 0 fully saturated rings. The summed E-state index contributed by atoms with van der Waals surface area (Å²) < 4.78 is 99.9. The number of nitrogen functional groups attached to an aromatic ring is 2. The van der Waals surface area contributed by atoms with Crippen LogP contribution in [0.1, 0.15) is 213 Å². The molecule has 0 saturated heterocycles. The zero-order chi connectivity index (χ0) is 84.1. The first-order valence-corrected chi connectivity index (χ1v) is 57.7. The molecule has 0 aromatic heterocycles. The first kappa shape index (κ1) is 145. The lowest BCUT2D eigenvalue weighted by Gasteiger charge is -2.16. The Kier molecular flexibility index (Phi) is 105. The number of ether oxygens (including phenoxy) is 1. The monoisotopic (exact) mass is 2060 g/mol. The highest BCUT2D eigenvalue weighted by Crippen LogP contribution is 2.50. The van der Waals surface area contributed by atoms with Crippen molar-refractivity contribution in [2.24, 2.45) is 0 Å². The number of carbonyl (C=O) groups is 1. The Balaban J connectivity index is -0.000000113. The van der Waals surface area contributed by atoms with Gasteiger partial charge in [-0.2, -0.15) is 0 Å². The van der Waals surface area contributed by atoms with Crippen molar-refractivity contribution in [1.82, 2.24) is 0 Å². The molecule has 0 amide bonds. The maximum absolute atomic E-state index is 12.2. The Morgan fingerprint density at radius 3 is 0.917 bits per heavy atom. The third-order valence-corrected chi connectivity index (χ3v) is 31.6. The van der Waals surface area contributed by atoms with E-state index in [1.165, 1.54) is 38.5 Å². The lowest BCUT2D eigenvalue weighted by Crippen LogP contribution is -2.01. The number of para-hydroxylation sites is 2. The van der Waals surface area contributed by atoms with Gasteiger partial charge in [-0.1, -0.05) is 197 Å². The van der Waals surface area contributed by atoms with Crippen LogP contribution in [-0.4, -0.2) is 160 Å². The largest absolute Gasteiger partial charge is 0.465 e. The molecule has 0 spiro atoms. The third kappa shape index (κ3) is 83.9. The summed E-state index contributed by atoms with van der Waals surface area (Å²) in [6.07, 6.45) is 15.2. The van der Waals surface area contributed by atoms with E-state index in [-0.39, 0.29) is 86.4 Å². The summed E-state index contributed by atoms with van der Waals surface area (Å²) in [4.78, 5) is 34.9. The van der Waals surface area contributed by atoms with Crippen molar-refractivity contribution in [1.29, 1.82) is 0 Å². The van der Waals surface area contributed by atoms with Gasteiger partial charge in [0.15, 0.2) is 7.37 Å². The van der Waals surface area contributed by atoms with Crippen LogP contribution in [0.4, 0.5) is 11.4 Å². The molecule has 1 unspecified atom stereocenters. The number of benzene rings is 6. The topological polar surface area (TPSA) is 267 Å². The average molecular weight is 2060 g/mol. The number of hydrogen-bond donors (Lipinski definition) is 6. The number of halogens is 2. The van der Waals surface area contributed by atoms with Crippen LogP contribution in [0.3, 0.4) is 0 Å². The molecular weight excluding hydrogens is 1890 g/mol. The molecule has 6 aromatic rings. The van der Waals surface area contributed by atoms with E-state index >= 15 is 0 Å². The number of unbranched alkanes of at least 4 members (excludes halogenated alkanes) is 6. The molecule has 0 saturated carbocycles. The van der Waals surface area contributed by atoms with E-state index in [0.717, 1.165) is 138 Å². The summed E-state index contributed by atoms with van der Waals surface area (Å²) >= 11 is 22.0. The minimum Gasteiger partial charge on any atom is -0.465 e. The summed E-state index contributed by atoms with van der Waals surface area (Å²) in [5, 5.41) is 2.02. The van der Waals surface area contributed by atoms with E-state index in [1.54, 1.807) is 48.4 Å². The van der Waals surface area contributed by atoms with Crippen LogP contribution in [0.2, 0.25) is 0 Å². The van der Waals surface area contributed by atoms with Crippen molar-refractivity contribution in [3.05, 3.63) is 168 Å². The summed E-state index contributed by atoms with van der Waals surface area (Å²) in [5.41, 5.74) is 17.2. The predicted octanol–water partition coefficient (Wildman–Crippen LogP) is 32.6. The van der Waals surface area contributed by atoms with Crippen LogP contribution in [0.15, 0.2) is 175 Å². The van der Waals surface area contributed by atoms with E-state index in [0.29, 0.717) is 68.4 Å². The number of rotatable bonds is 43. The Bertz CT molecular complexity index is 3520. The second-order valence-corrected chi connectivity index (χ2v) is 49.1. The highest BCUT2D eigenvalue weighted by atomic mass is 79.9. The Morgan fingerprint density at radius 1 is 0.364 bits per heavy atom. The summed E-state index contributed by atoms with van der Waals surface area (Å²) in [6, 6.07) is 47.3. The zero-order valence-corrected chi connectivity index (χ0v) is 81.8. The first-order valence-electron chi connectivity index (χ1n) is 37.6. The number of thioether (sulfide) groups is 4. The van der Waals surface area contributed by atoms with Gasteiger partial charge < -0.3 is 57.7 Å². The van der Waals surface area contributed by atoms with Crippen LogP contribution in [0.25, 0.3) is 0 Å². The Hall–Kier alpha value is -1.45. The van der Waals surface area contributed by atoms with E-state index in [2.05, 4.69) is 143 Å². The van der Waals surface area contributed by atoms with Crippen LogP contribution in [0.5, 0.6) is 0 Å². The van der Waals surface area contributed by atoms with Gasteiger partial charge in [0.2, 0.25) is 0 Å². The molecule has 0 bridgehead atoms. The second-order valence-electron chi connectivity index (χ2n) is 25.9. The van der Waals surface area contributed by atoms with Gasteiger partial charge in [-0.25, -0.2) is 4.79 Å². The number of alkyl halides is 2. The first-order chi connectivity index (χ1) is 52.4. The zero-order valence-electron chi connectivity index (χ0n) is 68.2. The lowest BCUT2D eigenvalue weighted by molar-refractivity contribution is 0.0596. The number of thiol groups is 2. The number of esters is 1. The van der Waals surface area contributed by atoms with E-state index in [4.69, 9.17) is 43.9 Å². The molecule has 0 radical (unpaired) electrons. The summed E-state index contributed by atoms with van der Waals surface area (Å²) in [6.45, 7) is 27.0. The molecule has 17 nitrogen and oxygen atoms in total. The van der Waals surface area contributed by atoms with Gasteiger partial charge in [0.05, 0.1) is 72.3 Å². The van der Waals surface area contributed by atoms with Crippen LogP contribution in [0, 0.1) is 20.8 Å². The van der Waals surface area contributed by atoms with Gasteiger partial charge in [0, 0.05) is 82.7 Å². The molecule has 1 atom stereocenters. The van der Waals surface area contributed by atoms with Crippen molar-refractivity contribution in [3.8, 4) is 0 Å². The number of anilines is 2. The molecule has 0 heterocycles. The van der Waals surface area contributed by atoms with Crippen molar-refractivity contribution in [2.75, 3.05) is 156 Å². The fourth-order valence-corrected chi connectivity index (χ4v) is 21.9. The highest BCUT2D eigenvalue weighted by molar-refractivity contribution is 9.09. The van der Waals surface area contributed by atoms with Crippen LogP contribution < -0.4 is 11.5 Å². The van der Waals surface area contributed by atoms with Crippen LogP contribution >= 0.6 is 149 Å². The molecule has 712 valence electrons. The van der Waals surface area contributed by atoms with Gasteiger partial charge >= 0.3 is 28.8 Å². The van der Waals surface area contributed by atoms with Crippen LogP contribution in [-0.2, 0) is 54.7 Å². The third-order valence-electron chi connectivity index (χ3n) is 14.8. The molecule has 0 aliphatic carbocycles. The fraction of sp³-hybridized carbons (Fsp3) is 0.589. The van der Waals surface area contributed by atoms with Gasteiger partial charge in [0.25, 0.3) is 0 Å². The molecule has 6 N–H and O–H groups in total. The van der Waals surface area contributed by atoms with Crippen molar-refractivity contribution in [2.45, 2.75) is 236 Å². The standard InChI is InChI=1S/2C15H25O3PS.C12H20NOPS.C11H17O3PS.C8H8O2S.C7H16BrO2P.C6H14BrOP.C6H7NS.10CH4/c2*1-4-17-19(16,18-5-2)12-8-9-13-20-15-11-7-6-10-14(15)3;1-15(2,14)9-5-6-10-16-12-8-4-3-7-11(12)13;1-10-6-2-3-7-11(10)16-9-5-4-8-15(12,13)14;1-10-8(9)6-4-2-3-5-7(6)11;1-3-10-11(2,9)7-5-4-6-8;1-9(2,8)6-4-3-5-7;7-5-3-1-2-4-6(5)8;;;;;;;;;;/h2*6-7,10-11H,4-5,8-9,12-13H2,1-3H3;3-4,7-8H,5-6,9-10,13H2,1-2H3;2-3,6-7H,4-5,8-9H2,1H3,(H2,12,13,14);2-5,11H,1H3;3-7H2,1-2H3;3-6H2,1-2H3;1-4,8H,7H2;10*1H4. The van der Waals surface area contributed by atoms with Gasteiger partial charge in [-0.05, 0) is 253 Å². The predicted molar refractivity (Wildman–Crippen MR) is 568 cm³/mol. The highest BCUT2D eigenvalue weighted by Gasteiger charge is 2.24. The minimum absolute atomic E-state index is 0. The number of methoxy groups -OCH3 is 1. The van der Waals surface area contributed by atoms with Crippen molar-refractivity contribution in [3.63, 3.8) is 0 Å². The molecule has 6 rings (SSSR count). The Labute approximate surface area is 788 Å². The number of nitrogens with two attached hydrogens (primary N) is 2. The SMILES string of the molecule is C.C.C.C.C.C.C.C.C.C.CCOP(=O)(CCCCSc1ccccc1C)OCC.CCOP(=O)(CCCCSc1ccccc1C)OCC.CCOP(C)(=O)CCCCBr.COC(=O)c1ccccc1S.CP(C)(=O)CCCCBr.CP(C)(=O)CCCCSc1ccccc1N.Cc1ccccc1SCCCCP(=O)(O)O.Nc1ccccc1S. The van der Waals surface area contributed by atoms with Gasteiger partial charge in [-0.3, -0.25) is 18.3 Å². The van der Waals surface area contributed by atoms with Crippen molar-refractivity contribution >= 4 is 166 Å². The summed E-state index contributed by atoms with van der Waals surface area (Å²) in [7, 11) is -13.9. The lowest BCUT2D eigenvalue weighted by atomic mass is 10.2. The number of carbonyl (C=O) groups excluding carboxylic acids is 1. The molecule has 31 heteroatoms. The maximum Gasteiger partial charge on any atom is 0.338 e. The maximum atomic E-state index is 12.2. The van der Waals surface area contributed by atoms with Gasteiger partial charge in [-0.15, -0.1) is 72.3 Å². The molecule has 0 aliphatic rings. The molecule has 121 heavy (non-hydrogen) atoms. The van der Waals surface area contributed by atoms with Gasteiger partial charge in [0.1, 0.15) is 0 Å². The minimum atomic E-state index is -3.80. The van der Waals surface area contributed by atoms with Crippen molar-refractivity contribution < 1.29 is 69.3 Å². The smallest absolute Gasteiger partial charge is 0.338 e. The van der Waals surface area contributed by atoms with E-state index in [1.807, 2.05) is 152 Å². The molecule has 0 aliphatic heterocycles. The van der Waals surface area contributed by atoms with E-state index in [9.17, 15) is 32.2 Å². The molecule has 6 aromatic carbocycles. The average Bonchev–Trinajstić information content (AvgIpc) is 0.824. The number of hydrogen-bond acceptors (Lipinski definition) is 21. The summed E-state index contributed by atoms with van der Waals surface area (Å²) in [5.74, 6) is 3.67. The Morgan fingerprint density at radius 2 is 0.636 bits per heavy atom.